The number of fused-ring (bicyclic) bond motifs is 2. The van der Waals surface area contributed by atoms with Crippen LogP contribution in [-0.2, 0) is 0 Å². The first-order valence-corrected chi connectivity index (χ1v) is 8.53. The van der Waals surface area contributed by atoms with Crippen LogP contribution in [0.15, 0.2) is 54.7 Å². The Balaban J connectivity index is 1.78. The van der Waals surface area contributed by atoms with Crippen molar-refractivity contribution in [3.8, 4) is 34.3 Å². The van der Waals surface area contributed by atoms with Gasteiger partial charge >= 0.3 is 0 Å². The molecular formula is C20H16N4O3. The number of phenolic OH excluding ortho intramolecular Hbond substituents is 1. The van der Waals surface area contributed by atoms with Gasteiger partial charge in [0.25, 0.3) is 0 Å². The fourth-order valence-electron chi connectivity index (χ4n) is 3.26. The summed E-state index contributed by atoms with van der Waals surface area (Å²) in [4.78, 5) is 9.23. The molecule has 1 aliphatic rings. The van der Waals surface area contributed by atoms with Gasteiger partial charge in [0.2, 0.25) is 0 Å². The molecule has 3 N–H and O–H groups in total. The standard InChI is InChI=1S/C20H16N4O3/c21-15-11-13(25)4-5-14(15)19-23-16-2-1-7-22-20(16)24(19)12-3-6-17-18(10-12)27-9-8-26-17/h1-7,10-11,25H,8-9,21H2. The van der Waals surface area contributed by atoms with Crippen molar-refractivity contribution in [2.24, 2.45) is 0 Å². The summed E-state index contributed by atoms with van der Waals surface area (Å²) in [5, 5.41) is 9.69. The number of imidazole rings is 1. The number of nitrogens with two attached hydrogens (primary N) is 1. The van der Waals surface area contributed by atoms with Crippen LogP contribution < -0.4 is 15.2 Å². The average molecular weight is 360 g/mol. The topological polar surface area (TPSA) is 95.4 Å². The molecule has 0 radical (unpaired) electrons. The molecule has 0 spiro atoms. The molecule has 1 aliphatic heterocycles. The van der Waals surface area contributed by atoms with E-state index in [4.69, 9.17) is 20.2 Å². The second kappa shape index (κ2) is 5.91. The van der Waals surface area contributed by atoms with Crippen LogP contribution in [0.2, 0.25) is 0 Å². The Hall–Kier alpha value is -3.74. The highest BCUT2D eigenvalue weighted by Crippen LogP contribution is 2.36. The normalized spacial score (nSPS) is 13.0. The van der Waals surface area contributed by atoms with E-state index in [1.165, 1.54) is 6.07 Å². The molecule has 0 aliphatic carbocycles. The van der Waals surface area contributed by atoms with Crippen LogP contribution in [0, 0.1) is 0 Å². The van der Waals surface area contributed by atoms with Crippen LogP contribution >= 0.6 is 0 Å². The number of rotatable bonds is 2. The summed E-state index contributed by atoms with van der Waals surface area (Å²) in [6.07, 6.45) is 1.72. The van der Waals surface area contributed by atoms with E-state index in [1.54, 1.807) is 18.3 Å². The molecule has 0 saturated carbocycles. The number of hydrogen-bond acceptors (Lipinski definition) is 6. The molecule has 5 rings (SSSR count). The van der Waals surface area contributed by atoms with Crippen LogP contribution in [0.3, 0.4) is 0 Å². The molecule has 0 fully saturated rings. The molecule has 7 heteroatoms. The van der Waals surface area contributed by atoms with Gasteiger partial charge in [0, 0.05) is 29.6 Å². The summed E-state index contributed by atoms with van der Waals surface area (Å²) >= 11 is 0. The SMILES string of the molecule is Nc1cc(O)ccc1-c1nc2cccnc2n1-c1ccc2c(c1)OCCO2. The van der Waals surface area contributed by atoms with Gasteiger partial charge in [0.1, 0.15) is 30.3 Å². The maximum absolute atomic E-state index is 9.69. The van der Waals surface area contributed by atoms with Crippen molar-refractivity contribution in [1.29, 1.82) is 0 Å². The first-order valence-electron chi connectivity index (χ1n) is 8.53. The van der Waals surface area contributed by atoms with Gasteiger partial charge in [-0.1, -0.05) is 0 Å². The number of pyridine rings is 1. The number of ether oxygens (including phenoxy) is 2. The third-order valence-electron chi connectivity index (χ3n) is 4.48. The number of nitrogen functional groups attached to an aromatic ring is 1. The zero-order valence-corrected chi connectivity index (χ0v) is 14.3. The maximum atomic E-state index is 9.69. The monoisotopic (exact) mass is 360 g/mol. The van der Waals surface area contributed by atoms with E-state index >= 15 is 0 Å². The summed E-state index contributed by atoms with van der Waals surface area (Å²) < 4.78 is 13.3. The van der Waals surface area contributed by atoms with Gasteiger partial charge in [-0.2, -0.15) is 0 Å². The number of hydrogen-bond donors (Lipinski definition) is 2. The lowest BCUT2D eigenvalue weighted by Gasteiger charge is -2.19. The highest BCUT2D eigenvalue weighted by molar-refractivity contribution is 5.84. The lowest BCUT2D eigenvalue weighted by molar-refractivity contribution is 0.171. The summed E-state index contributed by atoms with van der Waals surface area (Å²) in [6.45, 7) is 1.05. The number of nitrogens with zero attached hydrogens (tertiary/aromatic N) is 3. The average Bonchev–Trinajstić information content (AvgIpc) is 3.06. The molecule has 2 aromatic carbocycles. The fraction of sp³-hybridized carbons (Fsp3) is 0.100. The van der Waals surface area contributed by atoms with E-state index in [2.05, 4.69) is 4.98 Å². The highest BCUT2D eigenvalue weighted by Gasteiger charge is 2.19. The van der Waals surface area contributed by atoms with Gasteiger partial charge < -0.3 is 20.3 Å². The number of phenols is 1. The Kier molecular flexibility index (Phi) is 3.39. The molecule has 2 aromatic heterocycles. The molecule has 134 valence electrons. The van der Waals surface area contributed by atoms with Crippen molar-refractivity contribution >= 4 is 16.9 Å². The quantitative estimate of drug-likeness (QED) is 0.533. The van der Waals surface area contributed by atoms with Crippen molar-refractivity contribution in [2.45, 2.75) is 0 Å². The molecule has 3 heterocycles. The molecule has 0 bridgehead atoms. The predicted molar refractivity (Wildman–Crippen MR) is 101 cm³/mol. The summed E-state index contributed by atoms with van der Waals surface area (Å²) in [7, 11) is 0. The van der Waals surface area contributed by atoms with E-state index in [-0.39, 0.29) is 5.75 Å². The molecule has 7 nitrogen and oxygen atoms in total. The summed E-state index contributed by atoms with van der Waals surface area (Å²) in [5.74, 6) is 2.14. The predicted octanol–water partition coefficient (Wildman–Crippen LogP) is 3.15. The van der Waals surface area contributed by atoms with Gasteiger partial charge in [-0.25, -0.2) is 9.97 Å². The van der Waals surface area contributed by atoms with Gasteiger partial charge in [-0.05, 0) is 36.4 Å². The van der Waals surface area contributed by atoms with Crippen LogP contribution in [0.5, 0.6) is 17.2 Å². The Morgan fingerprint density at radius 2 is 1.85 bits per heavy atom. The van der Waals surface area contributed by atoms with E-state index in [0.29, 0.717) is 47.4 Å². The van der Waals surface area contributed by atoms with Crippen molar-refractivity contribution in [3.63, 3.8) is 0 Å². The van der Waals surface area contributed by atoms with Crippen LogP contribution in [0.4, 0.5) is 5.69 Å². The number of aromatic nitrogens is 3. The minimum atomic E-state index is 0.108. The zero-order chi connectivity index (χ0) is 18.4. The van der Waals surface area contributed by atoms with Crippen LogP contribution in [0.1, 0.15) is 0 Å². The summed E-state index contributed by atoms with van der Waals surface area (Å²) in [6, 6.07) is 14.3. The van der Waals surface area contributed by atoms with E-state index in [0.717, 1.165) is 11.2 Å². The molecule has 0 atom stereocenters. The fourth-order valence-corrected chi connectivity index (χ4v) is 3.26. The van der Waals surface area contributed by atoms with E-state index < -0.39 is 0 Å². The molecule has 0 unspecified atom stereocenters. The van der Waals surface area contributed by atoms with E-state index in [9.17, 15) is 5.11 Å². The number of anilines is 1. The van der Waals surface area contributed by atoms with Crippen molar-refractivity contribution in [2.75, 3.05) is 18.9 Å². The third kappa shape index (κ3) is 2.52. The number of benzene rings is 2. The Bertz CT molecular complexity index is 1170. The van der Waals surface area contributed by atoms with Gasteiger partial charge in [0.15, 0.2) is 17.1 Å². The first-order chi connectivity index (χ1) is 13.2. The first kappa shape index (κ1) is 15.5. The molecular weight excluding hydrogens is 344 g/mol. The smallest absolute Gasteiger partial charge is 0.164 e. The van der Waals surface area contributed by atoms with Gasteiger partial charge in [0.05, 0.1) is 5.69 Å². The highest BCUT2D eigenvalue weighted by atomic mass is 16.6. The third-order valence-corrected chi connectivity index (χ3v) is 4.48. The van der Waals surface area contributed by atoms with Gasteiger partial charge in [-0.3, -0.25) is 4.57 Å². The Labute approximate surface area is 154 Å². The minimum Gasteiger partial charge on any atom is -0.508 e. The van der Waals surface area contributed by atoms with Crippen molar-refractivity contribution < 1.29 is 14.6 Å². The maximum Gasteiger partial charge on any atom is 0.164 e. The van der Waals surface area contributed by atoms with Crippen LogP contribution in [0.25, 0.3) is 28.2 Å². The lowest BCUT2D eigenvalue weighted by Crippen LogP contribution is -2.15. The largest absolute Gasteiger partial charge is 0.508 e. The van der Waals surface area contributed by atoms with Crippen molar-refractivity contribution in [3.05, 3.63) is 54.7 Å². The van der Waals surface area contributed by atoms with Gasteiger partial charge in [-0.15, -0.1) is 0 Å². The van der Waals surface area contributed by atoms with Crippen LogP contribution in [-0.4, -0.2) is 32.9 Å². The van der Waals surface area contributed by atoms with Crippen molar-refractivity contribution in [1.82, 2.24) is 14.5 Å². The Morgan fingerprint density at radius 1 is 1.00 bits per heavy atom. The summed E-state index contributed by atoms with van der Waals surface area (Å²) in [5.41, 5.74) is 9.58. The minimum absolute atomic E-state index is 0.108. The number of aromatic hydroxyl groups is 1. The zero-order valence-electron chi connectivity index (χ0n) is 14.3. The second-order valence-electron chi connectivity index (χ2n) is 6.22. The lowest BCUT2D eigenvalue weighted by atomic mass is 10.1. The molecule has 4 aromatic rings. The van der Waals surface area contributed by atoms with E-state index in [1.807, 2.05) is 34.9 Å². The second-order valence-corrected chi connectivity index (χ2v) is 6.22. The molecule has 0 saturated heterocycles. The Morgan fingerprint density at radius 3 is 2.70 bits per heavy atom. The molecule has 27 heavy (non-hydrogen) atoms. The molecule has 0 amide bonds.